The molecular formula is C7H7FO2P+. The number of hydrogen-bond donors (Lipinski definition) is 0. The van der Waals surface area contributed by atoms with Gasteiger partial charge in [-0.1, -0.05) is 30.3 Å². The summed E-state index contributed by atoms with van der Waals surface area (Å²) in [6, 6.07) is 8.98. The molecule has 0 heterocycles. The minimum absolute atomic E-state index is 0.132. The fourth-order valence-corrected chi connectivity index (χ4v) is 1.31. The second kappa shape index (κ2) is 4.16. The molecule has 1 rings (SSSR count). The minimum atomic E-state index is -2.17. The van der Waals surface area contributed by atoms with E-state index in [1.54, 1.807) is 24.3 Å². The topological polar surface area (TPSA) is 26.3 Å². The zero-order valence-corrected chi connectivity index (χ0v) is 6.63. The van der Waals surface area contributed by atoms with Crippen molar-refractivity contribution in [3.05, 3.63) is 35.9 Å². The van der Waals surface area contributed by atoms with Gasteiger partial charge < -0.3 is 0 Å². The van der Waals surface area contributed by atoms with E-state index >= 15 is 0 Å². The Kier molecular flexibility index (Phi) is 3.14. The number of rotatable bonds is 3. The first-order valence-corrected chi connectivity index (χ1v) is 4.46. The van der Waals surface area contributed by atoms with Gasteiger partial charge in [-0.2, -0.15) is 0 Å². The molecule has 0 aliphatic rings. The van der Waals surface area contributed by atoms with Crippen LogP contribution in [0.1, 0.15) is 5.56 Å². The van der Waals surface area contributed by atoms with Gasteiger partial charge in [-0.25, -0.2) is 0 Å². The Morgan fingerprint density at radius 2 is 2.00 bits per heavy atom. The van der Waals surface area contributed by atoms with Crippen molar-refractivity contribution in [3.8, 4) is 0 Å². The van der Waals surface area contributed by atoms with Crippen LogP contribution in [0.3, 0.4) is 0 Å². The Morgan fingerprint density at radius 1 is 1.36 bits per heavy atom. The van der Waals surface area contributed by atoms with Gasteiger partial charge in [-0.05, 0) is 4.57 Å². The van der Waals surface area contributed by atoms with Gasteiger partial charge in [0, 0.05) is 10.1 Å². The zero-order chi connectivity index (χ0) is 8.10. The van der Waals surface area contributed by atoms with Crippen LogP contribution in [0.15, 0.2) is 30.3 Å². The van der Waals surface area contributed by atoms with Gasteiger partial charge in [0.05, 0.1) is 4.73 Å². The molecule has 11 heavy (non-hydrogen) atoms. The van der Waals surface area contributed by atoms with E-state index < -0.39 is 8.03 Å². The summed E-state index contributed by atoms with van der Waals surface area (Å²) in [4.78, 5) is 0. The fourth-order valence-electron chi connectivity index (χ4n) is 0.757. The Labute approximate surface area is 64.8 Å². The summed E-state index contributed by atoms with van der Waals surface area (Å²) in [6.07, 6.45) is 0.132. The number of benzene rings is 1. The number of halogens is 1. The van der Waals surface area contributed by atoms with Gasteiger partial charge in [-0.3, -0.25) is 0 Å². The third-order valence-corrected chi connectivity index (χ3v) is 2.01. The first-order chi connectivity index (χ1) is 5.33. The molecule has 0 spiro atoms. The molecule has 0 N–H and O–H groups in total. The van der Waals surface area contributed by atoms with E-state index in [-0.39, 0.29) is 6.16 Å². The van der Waals surface area contributed by atoms with Crippen molar-refractivity contribution in [1.82, 2.24) is 0 Å². The predicted molar refractivity (Wildman–Crippen MR) is 39.9 cm³/mol. The summed E-state index contributed by atoms with van der Waals surface area (Å²) in [7, 11) is -2.17. The van der Waals surface area contributed by atoms with Gasteiger partial charge in [0.2, 0.25) is 6.16 Å². The van der Waals surface area contributed by atoms with E-state index in [1.165, 1.54) is 0 Å². The van der Waals surface area contributed by atoms with Crippen LogP contribution in [0, 0.1) is 0 Å². The molecule has 0 aromatic heterocycles. The highest BCUT2D eigenvalue weighted by Crippen LogP contribution is 2.27. The van der Waals surface area contributed by atoms with Crippen molar-refractivity contribution >= 4 is 8.03 Å². The summed E-state index contributed by atoms with van der Waals surface area (Å²) >= 11 is 0. The lowest BCUT2D eigenvalue weighted by atomic mass is 10.2. The van der Waals surface area contributed by atoms with Crippen molar-refractivity contribution in [2.75, 3.05) is 0 Å². The van der Waals surface area contributed by atoms with Crippen LogP contribution in [0.25, 0.3) is 0 Å². The van der Waals surface area contributed by atoms with Crippen LogP contribution >= 0.6 is 8.03 Å². The van der Waals surface area contributed by atoms with Crippen LogP contribution in [0.4, 0.5) is 4.53 Å². The molecule has 0 amide bonds. The summed E-state index contributed by atoms with van der Waals surface area (Å²) in [5.74, 6) is 0. The standard InChI is InChI=1S/C7H7FO2P/c8-10-11(9)6-7-4-2-1-3-5-7/h1-5H,6H2/q+1. The molecule has 1 aromatic carbocycles. The summed E-state index contributed by atoms with van der Waals surface area (Å²) < 4.78 is 25.0. The van der Waals surface area contributed by atoms with Crippen LogP contribution in [-0.2, 0) is 15.5 Å². The highest BCUT2D eigenvalue weighted by Gasteiger charge is 2.18. The first-order valence-electron chi connectivity index (χ1n) is 3.10. The molecule has 58 valence electrons. The predicted octanol–water partition coefficient (Wildman–Crippen LogP) is 2.83. The van der Waals surface area contributed by atoms with E-state index in [9.17, 15) is 9.09 Å². The van der Waals surface area contributed by atoms with Gasteiger partial charge in [-0.15, -0.1) is 0 Å². The minimum Gasteiger partial charge on any atom is -0.0622 e. The lowest BCUT2D eigenvalue weighted by Gasteiger charge is -1.86. The fraction of sp³-hybridized carbons (Fsp3) is 0.143. The van der Waals surface area contributed by atoms with Crippen molar-refractivity contribution < 1.29 is 13.8 Å². The molecule has 1 aromatic rings. The Hall–Kier alpha value is -0.790. The maximum Gasteiger partial charge on any atom is 0.550 e. The molecule has 2 nitrogen and oxygen atoms in total. The number of hydrogen-bond acceptors (Lipinski definition) is 2. The smallest absolute Gasteiger partial charge is 0.0622 e. The van der Waals surface area contributed by atoms with Crippen LogP contribution in [0.5, 0.6) is 0 Å². The highest BCUT2D eigenvalue weighted by molar-refractivity contribution is 7.38. The average Bonchev–Trinajstić information content (AvgIpc) is 2.06. The molecule has 1 unspecified atom stereocenters. The van der Waals surface area contributed by atoms with Crippen LogP contribution in [0.2, 0.25) is 0 Å². The molecular weight excluding hydrogens is 166 g/mol. The van der Waals surface area contributed by atoms with Gasteiger partial charge >= 0.3 is 8.03 Å². The third kappa shape index (κ3) is 2.74. The van der Waals surface area contributed by atoms with Crippen molar-refractivity contribution in [1.29, 1.82) is 0 Å². The molecule has 0 fully saturated rings. The molecule has 1 atom stereocenters. The van der Waals surface area contributed by atoms with E-state index in [4.69, 9.17) is 0 Å². The molecule has 0 radical (unpaired) electrons. The normalized spacial score (nSPS) is 11.2. The van der Waals surface area contributed by atoms with Gasteiger partial charge in [0.1, 0.15) is 0 Å². The van der Waals surface area contributed by atoms with Crippen LogP contribution in [-0.4, -0.2) is 0 Å². The Morgan fingerprint density at radius 3 is 2.55 bits per heavy atom. The molecule has 0 aliphatic carbocycles. The largest absolute Gasteiger partial charge is 0.550 e. The SMILES string of the molecule is O=[P+](Cc1ccccc1)OF. The summed E-state index contributed by atoms with van der Waals surface area (Å²) in [5, 5.41) is 0. The zero-order valence-electron chi connectivity index (χ0n) is 5.74. The molecule has 0 aliphatic heterocycles. The molecule has 0 saturated carbocycles. The Bertz CT molecular complexity index is 237. The van der Waals surface area contributed by atoms with E-state index in [0.29, 0.717) is 0 Å². The average molecular weight is 173 g/mol. The van der Waals surface area contributed by atoms with E-state index in [2.05, 4.69) is 4.73 Å². The summed E-state index contributed by atoms with van der Waals surface area (Å²) in [5.41, 5.74) is 0.811. The first kappa shape index (κ1) is 8.31. The molecule has 4 heteroatoms. The lowest BCUT2D eigenvalue weighted by Crippen LogP contribution is -1.77. The van der Waals surface area contributed by atoms with E-state index in [1.807, 2.05) is 6.07 Å². The summed E-state index contributed by atoms with van der Waals surface area (Å²) in [6.45, 7) is 0. The van der Waals surface area contributed by atoms with Crippen molar-refractivity contribution in [2.45, 2.75) is 6.16 Å². The maximum absolute atomic E-state index is 11.3. The van der Waals surface area contributed by atoms with Crippen LogP contribution < -0.4 is 0 Å². The monoisotopic (exact) mass is 173 g/mol. The maximum atomic E-state index is 11.3. The molecule has 0 bridgehead atoms. The second-order valence-corrected chi connectivity index (χ2v) is 3.17. The lowest BCUT2D eigenvalue weighted by molar-refractivity contribution is 0.00441. The second-order valence-electron chi connectivity index (χ2n) is 2.05. The third-order valence-electron chi connectivity index (χ3n) is 1.23. The van der Waals surface area contributed by atoms with E-state index in [0.717, 1.165) is 5.56 Å². The Balaban J connectivity index is 2.58. The van der Waals surface area contributed by atoms with Gasteiger partial charge in [0.15, 0.2) is 0 Å². The van der Waals surface area contributed by atoms with Gasteiger partial charge in [0.25, 0.3) is 0 Å². The van der Waals surface area contributed by atoms with Crippen molar-refractivity contribution in [2.24, 2.45) is 0 Å². The quantitative estimate of drug-likeness (QED) is 0.657. The highest BCUT2D eigenvalue weighted by atomic mass is 31.1. The van der Waals surface area contributed by atoms with Crippen molar-refractivity contribution in [3.63, 3.8) is 0 Å². The molecule has 0 saturated heterocycles.